The molecule has 0 saturated heterocycles. The van der Waals surface area contributed by atoms with Crippen molar-refractivity contribution < 1.29 is 14.3 Å². The fraction of sp³-hybridized carbons (Fsp3) is 0.450. The summed E-state index contributed by atoms with van der Waals surface area (Å²) in [7, 11) is 3.18. The van der Waals surface area contributed by atoms with Crippen molar-refractivity contribution in [3.05, 3.63) is 35.7 Å². The first-order valence-electron chi connectivity index (χ1n) is 9.16. The van der Waals surface area contributed by atoms with Gasteiger partial charge in [-0.3, -0.25) is 4.79 Å². The zero-order valence-electron chi connectivity index (χ0n) is 16.7. The second kappa shape index (κ2) is 9.75. The molecular weight excluding hydrogens is 344 g/mol. The molecule has 0 atom stereocenters. The van der Waals surface area contributed by atoms with Gasteiger partial charge in [0.15, 0.2) is 0 Å². The predicted octanol–water partition coefficient (Wildman–Crippen LogP) is 3.81. The molecule has 1 aromatic carbocycles. The molecule has 0 saturated carbocycles. The molecule has 1 aromatic heterocycles. The van der Waals surface area contributed by atoms with Gasteiger partial charge >= 0.3 is 0 Å². The van der Waals surface area contributed by atoms with E-state index in [1.54, 1.807) is 26.4 Å². The zero-order valence-corrected chi connectivity index (χ0v) is 16.7. The monoisotopic (exact) mass is 372 g/mol. The lowest BCUT2D eigenvalue weighted by Crippen LogP contribution is -2.33. The quantitative estimate of drug-likeness (QED) is 0.721. The molecule has 0 fully saturated rings. The molecule has 0 aliphatic heterocycles. The third-order valence-electron chi connectivity index (χ3n) is 4.00. The van der Waals surface area contributed by atoms with E-state index in [-0.39, 0.29) is 5.91 Å². The van der Waals surface area contributed by atoms with E-state index in [0.717, 1.165) is 18.5 Å². The molecule has 146 valence electrons. The van der Waals surface area contributed by atoms with Crippen LogP contribution in [0.1, 0.15) is 42.9 Å². The van der Waals surface area contributed by atoms with Gasteiger partial charge < -0.3 is 19.7 Å². The van der Waals surface area contributed by atoms with Crippen LogP contribution in [0, 0.1) is 6.92 Å². The lowest BCUT2D eigenvalue weighted by atomic mass is 10.2. The molecule has 0 aliphatic rings. The molecule has 7 heteroatoms. The summed E-state index contributed by atoms with van der Waals surface area (Å²) >= 11 is 0. The molecule has 0 bridgehead atoms. The van der Waals surface area contributed by atoms with Crippen LogP contribution in [0.25, 0.3) is 0 Å². The molecule has 0 spiro atoms. The number of carbonyl (C=O) groups excluding carboxylic acids is 1. The van der Waals surface area contributed by atoms with Gasteiger partial charge in [0.25, 0.3) is 5.91 Å². The van der Waals surface area contributed by atoms with Gasteiger partial charge in [0.1, 0.15) is 17.2 Å². The van der Waals surface area contributed by atoms with Gasteiger partial charge in [-0.25, -0.2) is 9.97 Å². The van der Waals surface area contributed by atoms with E-state index in [9.17, 15) is 4.79 Å². The van der Waals surface area contributed by atoms with Crippen molar-refractivity contribution in [3.8, 4) is 11.5 Å². The number of ether oxygens (including phenoxy) is 2. The summed E-state index contributed by atoms with van der Waals surface area (Å²) in [6, 6.07) is 7.13. The van der Waals surface area contributed by atoms with Crippen molar-refractivity contribution in [2.75, 3.05) is 32.6 Å². The first-order valence-corrected chi connectivity index (χ1v) is 9.16. The topological polar surface area (TPSA) is 76.6 Å². The number of aryl methyl sites for hydroxylation is 1. The third-order valence-corrected chi connectivity index (χ3v) is 4.00. The van der Waals surface area contributed by atoms with E-state index < -0.39 is 0 Å². The number of anilines is 2. The van der Waals surface area contributed by atoms with Crippen LogP contribution in [0.15, 0.2) is 24.3 Å². The van der Waals surface area contributed by atoms with Crippen LogP contribution in [0.3, 0.4) is 0 Å². The minimum absolute atomic E-state index is 0.0751. The number of methoxy groups -OCH3 is 2. The van der Waals surface area contributed by atoms with Gasteiger partial charge in [-0.1, -0.05) is 13.8 Å². The first kappa shape index (κ1) is 20.5. The average Bonchev–Trinajstić information content (AvgIpc) is 2.67. The Labute approximate surface area is 160 Å². The summed E-state index contributed by atoms with van der Waals surface area (Å²) in [6.07, 6.45) is 1.81. The van der Waals surface area contributed by atoms with Crippen LogP contribution in [0.2, 0.25) is 0 Å². The summed E-state index contributed by atoms with van der Waals surface area (Å²) < 4.78 is 10.6. The highest BCUT2D eigenvalue weighted by Crippen LogP contribution is 2.30. The van der Waals surface area contributed by atoms with Gasteiger partial charge in [0, 0.05) is 24.8 Å². The summed E-state index contributed by atoms with van der Waals surface area (Å²) in [5.74, 6) is 1.57. The third kappa shape index (κ3) is 5.32. The fourth-order valence-electron chi connectivity index (χ4n) is 2.77. The Morgan fingerprint density at radius 3 is 2.37 bits per heavy atom. The van der Waals surface area contributed by atoms with Crippen LogP contribution < -0.4 is 14.8 Å². The van der Waals surface area contributed by atoms with Gasteiger partial charge in [0.2, 0.25) is 5.95 Å². The van der Waals surface area contributed by atoms with Crippen molar-refractivity contribution in [1.82, 2.24) is 14.9 Å². The fourth-order valence-corrected chi connectivity index (χ4v) is 2.77. The Morgan fingerprint density at radius 1 is 1.07 bits per heavy atom. The molecule has 1 N–H and O–H groups in total. The van der Waals surface area contributed by atoms with E-state index >= 15 is 0 Å². The van der Waals surface area contributed by atoms with Gasteiger partial charge in [-0.2, -0.15) is 0 Å². The summed E-state index contributed by atoms with van der Waals surface area (Å²) in [5, 5.41) is 3.14. The van der Waals surface area contributed by atoms with Crippen molar-refractivity contribution >= 4 is 17.5 Å². The number of nitrogens with one attached hydrogen (secondary N) is 1. The lowest BCUT2D eigenvalue weighted by molar-refractivity contribution is 0.0749. The maximum atomic E-state index is 12.9. The van der Waals surface area contributed by atoms with Crippen molar-refractivity contribution in [1.29, 1.82) is 0 Å². The number of aromatic nitrogens is 2. The van der Waals surface area contributed by atoms with E-state index in [4.69, 9.17) is 9.47 Å². The maximum Gasteiger partial charge on any atom is 0.272 e. The van der Waals surface area contributed by atoms with Crippen LogP contribution in [0.5, 0.6) is 11.5 Å². The van der Waals surface area contributed by atoms with Gasteiger partial charge in [0.05, 0.1) is 19.9 Å². The molecule has 7 nitrogen and oxygen atoms in total. The van der Waals surface area contributed by atoms with E-state index in [2.05, 4.69) is 29.1 Å². The van der Waals surface area contributed by atoms with E-state index in [0.29, 0.717) is 41.9 Å². The second-order valence-corrected chi connectivity index (χ2v) is 6.20. The van der Waals surface area contributed by atoms with E-state index in [1.165, 1.54) is 0 Å². The first-order chi connectivity index (χ1) is 13.0. The lowest BCUT2D eigenvalue weighted by Gasteiger charge is -2.21. The van der Waals surface area contributed by atoms with Crippen molar-refractivity contribution in [2.45, 2.75) is 33.6 Å². The molecule has 1 heterocycles. The normalized spacial score (nSPS) is 10.4. The maximum absolute atomic E-state index is 12.9. The van der Waals surface area contributed by atoms with Crippen LogP contribution >= 0.6 is 0 Å². The average molecular weight is 372 g/mol. The molecule has 27 heavy (non-hydrogen) atoms. The number of hydrogen-bond donors (Lipinski definition) is 1. The smallest absolute Gasteiger partial charge is 0.272 e. The highest BCUT2D eigenvalue weighted by Gasteiger charge is 2.18. The van der Waals surface area contributed by atoms with Crippen molar-refractivity contribution in [2.24, 2.45) is 0 Å². The largest absolute Gasteiger partial charge is 0.497 e. The number of amides is 1. The Kier molecular flexibility index (Phi) is 7.40. The minimum atomic E-state index is -0.0751. The Hall–Kier alpha value is -2.83. The molecule has 0 radical (unpaired) electrons. The second-order valence-electron chi connectivity index (χ2n) is 6.20. The summed E-state index contributed by atoms with van der Waals surface area (Å²) in [6.45, 7) is 7.39. The van der Waals surface area contributed by atoms with Gasteiger partial charge in [-0.15, -0.1) is 0 Å². The molecular formula is C20H28N4O3. The van der Waals surface area contributed by atoms with Crippen LogP contribution in [-0.4, -0.2) is 48.1 Å². The molecule has 2 aromatic rings. The number of rotatable bonds is 9. The number of nitrogens with zero attached hydrogens (tertiary/aromatic N) is 3. The predicted molar refractivity (Wildman–Crippen MR) is 106 cm³/mol. The molecule has 0 unspecified atom stereocenters. The highest BCUT2D eigenvalue weighted by atomic mass is 16.5. The number of carbonyl (C=O) groups is 1. The standard InChI is InChI=1S/C20H28N4O3/c1-6-10-24(11-7-2)19(25)17-12-14(3)21-20(23-17)22-16-9-8-15(26-4)13-18(16)27-5/h8-9,12-13H,6-7,10-11H2,1-5H3,(H,21,22,23). The Balaban J connectivity index is 2.31. The number of hydrogen-bond acceptors (Lipinski definition) is 6. The molecule has 0 aliphatic carbocycles. The summed E-state index contributed by atoms with van der Waals surface area (Å²) in [4.78, 5) is 23.5. The SMILES string of the molecule is CCCN(CCC)C(=O)c1cc(C)nc(Nc2ccc(OC)cc2OC)n1. The molecule has 1 amide bonds. The zero-order chi connectivity index (χ0) is 19.8. The Bertz CT molecular complexity index is 774. The number of benzene rings is 1. The van der Waals surface area contributed by atoms with Crippen molar-refractivity contribution in [3.63, 3.8) is 0 Å². The van der Waals surface area contributed by atoms with Gasteiger partial charge in [-0.05, 0) is 38.0 Å². The highest BCUT2D eigenvalue weighted by molar-refractivity contribution is 5.92. The summed E-state index contributed by atoms with van der Waals surface area (Å²) in [5.41, 5.74) is 1.80. The molecule has 2 rings (SSSR count). The van der Waals surface area contributed by atoms with Crippen LogP contribution in [-0.2, 0) is 0 Å². The Morgan fingerprint density at radius 2 is 1.78 bits per heavy atom. The minimum Gasteiger partial charge on any atom is -0.497 e. The van der Waals surface area contributed by atoms with E-state index in [1.807, 2.05) is 24.0 Å². The van der Waals surface area contributed by atoms with Crippen LogP contribution in [0.4, 0.5) is 11.6 Å².